The zero-order valence-corrected chi connectivity index (χ0v) is 11.3. The van der Waals surface area contributed by atoms with Crippen molar-refractivity contribution in [3.05, 3.63) is 23.0 Å². The maximum Gasteiger partial charge on any atom is 0.224 e. The Morgan fingerprint density at radius 3 is 2.65 bits per heavy atom. The summed E-state index contributed by atoms with van der Waals surface area (Å²) in [7, 11) is 4.07. The first kappa shape index (κ1) is 13.8. The van der Waals surface area contributed by atoms with Crippen molar-refractivity contribution in [3.63, 3.8) is 0 Å². The highest BCUT2D eigenvalue weighted by Gasteiger charge is 2.07. The molecule has 0 bridgehead atoms. The number of H-pyrrole nitrogens is 1. The van der Waals surface area contributed by atoms with Gasteiger partial charge in [0.15, 0.2) is 0 Å². The number of hydrogen-bond acceptors (Lipinski definition) is 2. The SMILES string of the molecule is Cc1cc(CC(=O)NCCCN(C)C)c(C)[nH]1. The quantitative estimate of drug-likeness (QED) is 0.731. The van der Waals surface area contributed by atoms with Crippen LogP contribution in [0.2, 0.25) is 0 Å². The number of aromatic nitrogens is 1. The monoisotopic (exact) mass is 237 g/mol. The molecule has 0 aromatic carbocycles. The van der Waals surface area contributed by atoms with E-state index in [1.165, 1.54) is 0 Å². The van der Waals surface area contributed by atoms with Crippen molar-refractivity contribution >= 4 is 5.91 Å². The van der Waals surface area contributed by atoms with Gasteiger partial charge in [0.2, 0.25) is 5.91 Å². The summed E-state index contributed by atoms with van der Waals surface area (Å²) in [5, 5.41) is 2.94. The lowest BCUT2D eigenvalue weighted by molar-refractivity contribution is -0.120. The lowest BCUT2D eigenvalue weighted by Crippen LogP contribution is -2.28. The van der Waals surface area contributed by atoms with Crippen LogP contribution in [0.1, 0.15) is 23.4 Å². The van der Waals surface area contributed by atoms with Gasteiger partial charge in [-0.3, -0.25) is 4.79 Å². The largest absolute Gasteiger partial charge is 0.362 e. The summed E-state index contributed by atoms with van der Waals surface area (Å²) in [5.74, 6) is 0.103. The molecule has 0 radical (unpaired) electrons. The average Bonchev–Trinajstić information content (AvgIpc) is 2.52. The molecule has 4 heteroatoms. The molecular formula is C13H23N3O. The minimum Gasteiger partial charge on any atom is -0.362 e. The molecule has 0 fully saturated rings. The second kappa shape index (κ2) is 6.45. The topological polar surface area (TPSA) is 48.1 Å². The molecule has 0 saturated heterocycles. The Kier molecular flexibility index (Phi) is 5.22. The number of hydrogen-bond donors (Lipinski definition) is 2. The zero-order chi connectivity index (χ0) is 12.8. The van der Waals surface area contributed by atoms with E-state index in [1.54, 1.807) is 0 Å². The smallest absolute Gasteiger partial charge is 0.224 e. The number of nitrogens with zero attached hydrogens (tertiary/aromatic N) is 1. The highest BCUT2D eigenvalue weighted by molar-refractivity contribution is 5.78. The van der Waals surface area contributed by atoms with Gasteiger partial charge >= 0.3 is 0 Å². The minimum atomic E-state index is 0.103. The Labute approximate surface area is 103 Å². The Morgan fingerprint density at radius 2 is 2.12 bits per heavy atom. The van der Waals surface area contributed by atoms with E-state index in [1.807, 2.05) is 34.0 Å². The number of rotatable bonds is 6. The van der Waals surface area contributed by atoms with E-state index in [2.05, 4.69) is 15.2 Å². The molecule has 0 spiro atoms. The molecule has 1 aromatic rings. The predicted molar refractivity (Wildman–Crippen MR) is 70.2 cm³/mol. The number of amides is 1. The van der Waals surface area contributed by atoms with Crippen LogP contribution in [0.15, 0.2) is 6.07 Å². The molecule has 4 nitrogen and oxygen atoms in total. The second-order valence-corrected chi connectivity index (χ2v) is 4.79. The van der Waals surface area contributed by atoms with Gasteiger partial charge < -0.3 is 15.2 Å². The summed E-state index contributed by atoms with van der Waals surface area (Å²) < 4.78 is 0. The van der Waals surface area contributed by atoms with Gasteiger partial charge in [0.25, 0.3) is 0 Å². The van der Waals surface area contributed by atoms with Gasteiger partial charge in [-0.05, 0) is 52.5 Å². The molecule has 1 aromatic heterocycles. The van der Waals surface area contributed by atoms with Crippen molar-refractivity contribution in [3.8, 4) is 0 Å². The predicted octanol–water partition coefficient (Wildman–Crippen LogP) is 1.24. The Morgan fingerprint density at radius 1 is 1.41 bits per heavy atom. The third kappa shape index (κ3) is 5.04. The molecule has 2 N–H and O–H groups in total. The van der Waals surface area contributed by atoms with Crippen LogP contribution in [-0.2, 0) is 11.2 Å². The van der Waals surface area contributed by atoms with Gasteiger partial charge in [0.05, 0.1) is 6.42 Å². The Bertz CT molecular complexity index is 369. The fourth-order valence-electron chi connectivity index (χ4n) is 1.82. The van der Waals surface area contributed by atoms with Gasteiger partial charge in [-0.25, -0.2) is 0 Å². The standard InChI is InChI=1S/C13H23N3O/c1-10-8-12(11(2)15-10)9-13(17)14-6-5-7-16(3)4/h8,15H,5-7,9H2,1-4H3,(H,14,17). The molecule has 1 rings (SSSR count). The molecule has 1 amide bonds. The van der Waals surface area contributed by atoms with Crippen LogP contribution in [0.5, 0.6) is 0 Å². The third-order valence-corrected chi connectivity index (χ3v) is 2.71. The maximum atomic E-state index is 11.7. The summed E-state index contributed by atoms with van der Waals surface area (Å²) in [6, 6.07) is 2.04. The molecular weight excluding hydrogens is 214 g/mol. The van der Waals surface area contributed by atoms with E-state index in [9.17, 15) is 4.79 Å². The molecule has 0 atom stereocenters. The van der Waals surface area contributed by atoms with Crippen LogP contribution in [-0.4, -0.2) is 43.0 Å². The third-order valence-electron chi connectivity index (χ3n) is 2.71. The van der Waals surface area contributed by atoms with Crippen molar-refractivity contribution < 1.29 is 4.79 Å². The van der Waals surface area contributed by atoms with Crippen LogP contribution >= 0.6 is 0 Å². The summed E-state index contributed by atoms with van der Waals surface area (Å²) in [6.07, 6.45) is 1.46. The van der Waals surface area contributed by atoms with Crippen LogP contribution in [0, 0.1) is 13.8 Å². The highest BCUT2D eigenvalue weighted by atomic mass is 16.1. The summed E-state index contributed by atoms with van der Waals surface area (Å²) in [4.78, 5) is 17.0. The Hall–Kier alpha value is -1.29. The van der Waals surface area contributed by atoms with Gasteiger partial charge in [-0.2, -0.15) is 0 Å². The van der Waals surface area contributed by atoms with Crippen molar-refractivity contribution in [2.45, 2.75) is 26.7 Å². The molecule has 0 aliphatic carbocycles. The van der Waals surface area contributed by atoms with E-state index < -0.39 is 0 Å². The molecule has 96 valence electrons. The van der Waals surface area contributed by atoms with Gasteiger partial charge in [-0.1, -0.05) is 0 Å². The van der Waals surface area contributed by atoms with Gasteiger partial charge in [0, 0.05) is 17.9 Å². The number of aromatic amines is 1. The second-order valence-electron chi connectivity index (χ2n) is 4.79. The van der Waals surface area contributed by atoms with E-state index in [4.69, 9.17) is 0 Å². The summed E-state index contributed by atoms with van der Waals surface area (Å²) >= 11 is 0. The highest BCUT2D eigenvalue weighted by Crippen LogP contribution is 2.09. The average molecular weight is 237 g/mol. The number of aryl methyl sites for hydroxylation is 2. The molecule has 17 heavy (non-hydrogen) atoms. The number of carbonyl (C=O) groups is 1. The van der Waals surface area contributed by atoms with Crippen LogP contribution in [0.4, 0.5) is 0 Å². The van der Waals surface area contributed by atoms with E-state index in [0.29, 0.717) is 6.42 Å². The lowest BCUT2D eigenvalue weighted by atomic mass is 10.1. The Balaban J connectivity index is 2.28. The minimum absolute atomic E-state index is 0.103. The summed E-state index contributed by atoms with van der Waals surface area (Å²) in [5.41, 5.74) is 3.29. The van der Waals surface area contributed by atoms with E-state index >= 15 is 0 Å². The number of carbonyl (C=O) groups excluding carboxylic acids is 1. The van der Waals surface area contributed by atoms with Crippen LogP contribution in [0.25, 0.3) is 0 Å². The van der Waals surface area contributed by atoms with Gasteiger partial charge in [0.1, 0.15) is 0 Å². The van der Waals surface area contributed by atoms with Crippen LogP contribution < -0.4 is 5.32 Å². The maximum absolute atomic E-state index is 11.7. The van der Waals surface area contributed by atoms with E-state index in [-0.39, 0.29) is 5.91 Å². The lowest BCUT2D eigenvalue weighted by Gasteiger charge is -2.09. The molecule has 0 aliphatic rings. The first-order valence-corrected chi connectivity index (χ1v) is 6.05. The van der Waals surface area contributed by atoms with E-state index in [0.717, 1.165) is 36.5 Å². The van der Waals surface area contributed by atoms with Crippen molar-refractivity contribution in [1.29, 1.82) is 0 Å². The zero-order valence-electron chi connectivity index (χ0n) is 11.3. The fraction of sp³-hybridized carbons (Fsp3) is 0.615. The molecule has 0 unspecified atom stereocenters. The number of nitrogens with one attached hydrogen (secondary N) is 2. The molecule has 1 heterocycles. The van der Waals surface area contributed by atoms with Crippen molar-refractivity contribution in [2.24, 2.45) is 0 Å². The van der Waals surface area contributed by atoms with Crippen molar-refractivity contribution in [1.82, 2.24) is 15.2 Å². The van der Waals surface area contributed by atoms with Crippen molar-refractivity contribution in [2.75, 3.05) is 27.2 Å². The first-order chi connectivity index (χ1) is 7.99. The van der Waals surface area contributed by atoms with Crippen LogP contribution in [0.3, 0.4) is 0 Å². The summed E-state index contributed by atoms with van der Waals surface area (Å²) in [6.45, 7) is 5.76. The molecule has 0 aliphatic heterocycles. The first-order valence-electron chi connectivity index (χ1n) is 6.05. The fourth-order valence-corrected chi connectivity index (χ4v) is 1.82. The normalized spacial score (nSPS) is 10.9. The molecule has 0 saturated carbocycles. The van der Waals surface area contributed by atoms with Gasteiger partial charge in [-0.15, -0.1) is 0 Å².